The van der Waals surface area contributed by atoms with Crippen LogP contribution in [-0.4, -0.2) is 49.9 Å². The van der Waals surface area contributed by atoms with Gasteiger partial charge in [0.15, 0.2) is 23.5 Å². The zero-order valence-corrected chi connectivity index (χ0v) is 26.8. The van der Waals surface area contributed by atoms with Crippen LogP contribution in [0.4, 0.5) is 4.79 Å². The lowest BCUT2D eigenvalue weighted by Gasteiger charge is -2.28. The maximum absolute atomic E-state index is 12.4. The SMILES string of the molecule is CCOc1cc([C@H]2NC(=O)NC(C)=C2C(=O)OC)ccc1OC[C@@H](O)N/N=C\c1cc(Cl)c(OCc2ccccc2Cl)c(Cl)c1. The Hall–Kier alpha value is -4.16. The van der Waals surface area contributed by atoms with Crippen LogP contribution in [0, 0.1) is 0 Å². The topological polar surface area (TPSA) is 140 Å². The van der Waals surface area contributed by atoms with Gasteiger partial charge in [0.05, 0.1) is 41.6 Å². The van der Waals surface area contributed by atoms with Crippen molar-refractivity contribution in [1.82, 2.24) is 16.1 Å². The maximum Gasteiger partial charge on any atom is 0.337 e. The first-order chi connectivity index (χ1) is 21.6. The van der Waals surface area contributed by atoms with Crippen LogP contribution in [0.2, 0.25) is 15.1 Å². The molecule has 0 bridgehead atoms. The fourth-order valence-electron chi connectivity index (χ4n) is 4.38. The molecule has 3 aromatic carbocycles. The lowest BCUT2D eigenvalue weighted by Crippen LogP contribution is -2.45. The van der Waals surface area contributed by atoms with Gasteiger partial charge in [0.1, 0.15) is 13.2 Å². The number of allylic oxidation sites excluding steroid dienone is 1. The molecule has 1 heterocycles. The van der Waals surface area contributed by atoms with Crippen molar-refractivity contribution in [3.8, 4) is 17.2 Å². The Kier molecular flexibility index (Phi) is 11.8. The summed E-state index contributed by atoms with van der Waals surface area (Å²) in [5.41, 5.74) is 5.13. The van der Waals surface area contributed by atoms with E-state index in [4.69, 9.17) is 53.8 Å². The lowest BCUT2D eigenvalue weighted by molar-refractivity contribution is -0.136. The number of benzene rings is 3. The largest absolute Gasteiger partial charge is 0.490 e. The van der Waals surface area contributed by atoms with E-state index in [1.807, 2.05) is 18.2 Å². The molecule has 0 aliphatic carbocycles. The number of esters is 1. The summed E-state index contributed by atoms with van der Waals surface area (Å²) in [5, 5.41) is 20.9. The number of hydrogen-bond acceptors (Lipinski definition) is 9. The Morgan fingerprint density at radius 3 is 2.47 bits per heavy atom. The van der Waals surface area contributed by atoms with E-state index in [0.29, 0.717) is 45.7 Å². The van der Waals surface area contributed by atoms with Crippen LogP contribution in [0.5, 0.6) is 17.2 Å². The zero-order chi connectivity index (χ0) is 32.5. The molecule has 1 aliphatic rings. The molecule has 0 unspecified atom stereocenters. The molecule has 0 aromatic heterocycles. The third-order valence-corrected chi connectivity index (χ3v) is 7.39. The molecule has 3 aromatic rings. The fourth-order valence-corrected chi connectivity index (χ4v) is 5.18. The van der Waals surface area contributed by atoms with Crippen LogP contribution < -0.4 is 30.3 Å². The van der Waals surface area contributed by atoms with Gasteiger partial charge in [-0.25, -0.2) is 9.59 Å². The predicted molar refractivity (Wildman–Crippen MR) is 171 cm³/mol. The van der Waals surface area contributed by atoms with E-state index in [2.05, 4.69) is 21.2 Å². The molecule has 0 radical (unpaired) electrons. The second-order valence-electron chi connectivity index (χ2n) is 9.61. The highest BCUT2D eigenvalue weighted by molar-refractivity contribution is 6.37. The maximum atomic E-state index is 12.4. The highest BCUT2D eigenvalue weighted by Crippen LogP contribution is 2.36. The molecule has 11 nitrogen and oxygen atoms in total. The van der Waals surface area contributed by atoms with Gasteiger partial charge in [0.2, 0.25) is 0 Å². The summed E-state index contributed by atoms with van der Waals surface area (Å²) in [4.78, 5) is 24.6. The first-order valence-corrected chi connectivity index (χ1v) is 14.8. The average Bonchev–Trinajstić information content (AvgIpc) is 3.00. The monoisotopic (exact) mass is 676 g/mol. The molecule has 238 valence electrons. The first-order valence-electron chi connectivity index (χ1n) is 13.7. The van der Waals surface area contributed by atoms with Gasteiger partial charge >= 0.3 is 12.0 Å². The van der Waals surface area contributed by atoms with E-state index in [9.17, 15) is 14.7 Å². The van der Waals surface area contributed by atoms with Gasteiger partial charge in [-0.3, -0.25) is 5.43 Å². The number of nitrogens with one attached hydrogen (secondary N) is 3. The number of carbonyl (C=O) groups is 2. The molecule has 0 fully saturated rings. The molecule has 45 heavy (non-hydrogen) atoms. The number of carbonyl (C=O) groups excluding carboxylic acids is 2. The molecule has 0 saturated carbocycles. The molecule has 2 amide bonds. The number of rotatable bonds is 13. The number of nitrogens with zero attached hydrogens (tertiary/aromatic N) is 1. The number of ether oxygens (including phenoxy) is 4. The zero-order valence-electron chi connectivity index (χ0n) is 24.5. The third-order valence-electron chi connectivity index (χ3n) is 6.46. The average molecular weight is 678 g/mol. The highest BCUT2D eigenvalue weighted by atomic mass is 35.5. The predicted octanol–water partition coefficient (Wildman–Crippen LogP) is 5.75. The summed E-state index contributed by atoms with van der Waals surface area (Å²) >= 11 is 19.0. The van der Waals surface area contributed by atoms with Crippen molar-refractivity contribution in [1.29, 1.82) is 0 Å². The molecule has 1 aliphatic heterocycles. The lowest BCUT2D eigenvalue weighted by atomic mass is 9.95. The van der Waals surface area contributed by atoms with Gasteiger partial charge in [0, 0.05) is 16.3 Å². The number of halogens is 3. The van der Waals surface area contributed by atoms with E-state index < -0.39 is 24.3 Å². The number of methoxy groups -OCH3 is 1. The molecule has 14 heteroatoms. The van der Waals surface area contributed by atoms with Crippen molar-refractivity contribution in [3.63, 3.8) is 0 Å². The van der Waals surface area contributed by atoms with E-state index in [-0.39, 0.29) is 28.8 Å². The second kappa shape index (κ2) is 15.7. The number of hydrogen-bond donors (Lipinski definition) is 4. The normalized spacial score (nSPS) is 15.3. The van der Waals surface area contributed by atoms with E-state index >= 15 is 0 Å². The summed E-state index contributed by atoms with van der Waals surface area (Å²) in [5.74, 6) is 0.404. The Labute approximate surface area is 275 Å². The van der Waals surface area contributed by atoms with Gasteiger partial charge in [0.25, 0.3) is 0 Å². The van der Waals surface area contributed by atoms with Gasteiger partial charge < -0.3 is 34.7 Å². The van der Waals surface area contributed by atoms with Crippen LogP contribution in [0.3, 0.4) is 0 Å². The van der Waals surface area contributed by atoms with E-state index in [0.717, 1.165) is 5.56 Å². The smallest absolute Gasteiger partial charge is 0.337 e. The summed E-state index contributed by atoms with van der Waals surface area (Å²) in [6, 6.07) is 14.2. The summed E-state index contributed by atoms with van der Waals surface area (Å²) in [6.45, 7) is 3.73. The van der Waals surface area contributed by atoms with Crippen molar-refractivity contribution in [2.24, 2.45) is 5.10 Å². The minimum absolute atomic E-state index is 0.188. The fraction of sp³-hybridized carbons (Fsp3) is 0.258. The summed E-state index contributed by atoms with van der Waals surface area (Å²) < 4.78 is 22.2. The van der Waals surface area contributed by atoms with Crippen LogP contribution in [0.1, 0.15) is 36.6 Å². The van der Waals surface area contributed by atoms with Crippen LogP contribution in [-0.2, 0) is 16.1 Å². The van der Waals surface area contributed by atoms with Crippen molar-refractivity contribution in [2.75, 3.05) is 20.3 Å². The van der Waals surface area contributed by atoms with Crippen LogP contribution >= 0.6 is 34.8 Å². The Morgan fingerprint density at radius 2 is 1.78 bits per heavy atom. The van der Waals surface area contributed by atoms with Crippen molar-refractivity contribution < 1.29 is 33.6 Å². The number of hydrazone groups is 1. The third kappa shape index (κ3) is 8.73. The Morgan fingerprint density at radius 1 is 1.04 bits per heavy atom. The minimum atomic E-state index is -1.19. The van der Waals surface area contributed by atoms with Crippen molar-refractivity contribution in [3.05, 3.63) is 97.6 Å². The first kappa shape index (κ1) is 33.7. The summed E-state index contributed by atoms with van der Waals surface area (Å²) in [6.07, 6.45) is 0.237. The molecule has 4 N–H and O–H groups in total. The van der Waals surface area contributed by atoms with E-state index in [1.165, 1.54) is 13.3 Å². The van der Waals surface area contributed by atoms with Crippen molar-refractivity contribution in [2.45, 2.75) is 32.7 Å². The quantitative estimate of drug-likeness (QED) is 0.0777. The second-order valence-corrected chi connectivity index (χ2v) is 10.8. The summed E-state index contributed by atoms with van der Waals surface area (Å²) in [7, 11) is 1.27. The van der Waals surface area contributed by atoms with Gasteiger partial charge in [-0.05, 0) is 55.3 Å². The van der Waals surface area contributed by atoms with Gasteiger partial charge in [-0.2, -0.15) is 5.10 Å². The number of urea groups is 1. The van der Waals surface area contributed by atoms with E-state index in [1.54, 1.807) is 50.2 Å². The standard InChI is InChI=1S/C31H31Cl3N4O7/c1-4-43-25-13-19(28-27(30(40)42-3)17(2)36-31(41)37-28)9-10-24(25)44-16-26(39)38-35-14-18-11-22(33)29(23(34)12-18)45-15-20-7-5-6-8-21(20)32/h5-14,26,28,38-39H,4,15-16H2,1-3H3,(H2,36,37,41)/b35-14-/t26-,28-/m1/s1. The van der Waals surface area contributed by atoms with Crippen molar-refractivity contribution >= 4 is 53.0 Å². The highest BCUT2D eigenvalue weighted by Gasteiger charge is 2.32. The van der Waals surface area contributed by atoms with Crippen LogP contribution in [0.25, 0.3) is 0 Å². The number of aliphatic hydroxyl groups is 1. The molecular formula is C31H31Cl3N4O7. The number of amides is 2. The molecule has 4 rings (SSSR count). The molecule has 2 atom stereocenters. The Balaban J connectivity index is 1.37. The number of aliphatic hydroxyl groups excluding tert-OH is 1. The van der Waals surface area contributed by atoms with Crippen LogP contribution in [0.15, 0.2) is 71.0 Å². The van der Waals surface area contributed by atoms with Gasteiger partial charge in [-0.15, -0.1) is 0 Å². The molecule has 0 saturated heterocycles. The molecule has 0 spiro atoms. The van der Waals surface area contributed by atoms with Gasteiger partial charge in [-0.1, -0.05) is 59.1 Å². The minimum Gasteiger partial charge on any atom is -0.490 e. The molecular weight excluding hydrogens is 647 g/mol. The Bertz CT molecular complexity index is 1590.